The molecule has 3 heterocycles. The summed E-state index contributed by atoms with van der Waals surface area (Å²) in [5, 5.41) is -2.11. The average Bonchev–Trinajstić information content (AvgIpc) is 4.01. The van der Waals surface area contributed by atoms with Gasteiger partial charge >= 0.3 is 0 Å². The molecule has 0 saturated carbocycles. The second kappa shape index (κ2) is 9.22. The Morgan fingerprint density at radius 1 is 0.267 bits per heavy atom. The topological polar surface area (TPSA) is 14.8 Å². The van der Waals surface area contributed by atoms with Gasteiger partial charge in [0.1, 0.15) is 0 Å². The number of aromatic nitrogens is 3. The zero-order valence-corrected chi connectivity index (χ0v) is 22.6. The van der Waals surface area contributed by atoms with Gasteiger partial charge in [-0.2, -0.15) is 0 Å². The first-order chi connectivity index (χ1) is 32.3. The number of para-hydroxylation sites is 6. The van der Waals surface area contributed by atoms with Crippen LogP contribution in [0.25, 0.3) is 82.5 Å². The Morgan fingerprint density at radius 2 is 0.444 bits per heavy atom. The summed E-state index contributed by atoms with van der Waals surface area (Å²) < 4.78 is 216. The van der Waals surface area contributed by atoms with Gasteiger partial charge in [0, 0.05) is 32.3 Å². The zero-order valence-electron chi connectivity index (χ0n) is 46.6. The number of benzene rings is 7. The molecule has 0 aliphatic carbocycles. The molecule has 0 amide bonds. The van der Waals surface area contributed by atoms with Crippen LogP contribution in [0.3, 0.4) is 0 Å². The number of hydrogen-bond donors (Lipinski definition) is 0. The highest BCUT2D eigenvalue weighted by Gasteiger charge is 2.19. The molecule has 3 heteroatoms. The largest absolute Gasteiger partial charge is 0.309 e. The van der Waals surface area contributed by atoms with E-state index < -0.39 is 178 Å². The van der Waals surface area contributed by atoms with Gasteiger partial charge in [-0.3, -0.25) is 0 Å². The first kappa shape index (κ1) is 10.8. The molecule has 0 fully saturated rings. The second-order valence-corrected chi connectivity index (χ2v) is 10.1. The van der Waals surface area contributed by atoms with Gasteiger partial charge in [-0.05, 0) is 54.5 Å². The molecule has 0 unspecified atom stereocenters. The standard InChI is InChI=1S/C42H27N3/c1-7-19-37-31(13-1)32-14-2-8-20-38(32)43(37)28-25-29(44-39-21-9-3-15-33(39)34-16-4-10-22-40(34)44)27-30(26-28)45-41-23-11-5-17-35(41)36-18-6-12-24-42(36)45/h1-27H/i1D,2D,3D,4D,5D,6D,7D,8D,9D,10D,11D,12D,13D,14D,15D,16D,17D,18D,19D,20D,21D,22D,23D,24D. The van der Waals surface area contributed by atoms with Crippen molar-refractivity contribution in [1.29, 1.82) is 0 Å². The van der Waals surface area contributed by atoms with Crippen molar-refractivity contribution in [2.45, 2.75) is 0 Å². The monoisotopic (exact) mass is 597 g/mol. The highest BCUT2D eigenvalue weighted by atomic mass is 15.0. The fourth-order valence-corrected chi connectivity index (χ4v) is 6.00. The third kappa shape index (κ3) is 3.41. The Kier molecular flexibility index (Phi) is 2.22. The maximum atomic E-state index is 9.22. The van der Waals surface area contributed by atoms with Crippen molar-refractivity contribution in [3.63, 3.8) is 0 Å². The van der Waals surface area contributed by atoms with Crippen LogP contribution in [0.1, 0.15) is 32.9 Å². The number of nitrogens with zero attached hydrogens (tertiary/aromatic N) is 3. The maximum Gasteiger partial charge on any atom is 0.0645 e. The van der Waals surface area contributed by atoms with E-state index in [1.54, 1.807) is 0 Å². The predicted octanol–water partition coefficient (Wildman–Crippen LogP) is 11.0. The van der Waals surface area contributed by atoms with Gasteiger partial charge in [0.25, 0.3) is 0 Å². The van der Waals surface area contributed by atoms with E-state index in [-0.39, 0.29) is 49.4 Å². The molecular weight excluding hydrogens is 546 g/mol. The van der Waals surface area contributed by atoms with Crippen molar-refractivity contribution in [2.24, 2.45) is 0 Å². The molecule has 10 rings (SSSR count). The average molecular weight is 598 g/mol. The molecule has 45 heavy (non-hydrogen) atoms. The lowest BCUT2D eigenvalue weighted by atomic mass is 10.2. The van der Waals surface area contributed by atoms with Crippen LogP contribution in [0.2, 0.25) is 0 Å². The van der Waals surface area contributed by atoms with Gasteiger partial charge in [0.15, 0.2) is 0 Å². The molecule has 0 aliphatic rings. The van der Waals surface area contributed by atoms with E-state index in [0.717, 1.165) is 13.7 Å². The Labute approximate surface area is 293 Å². The van der Waals surface area contributed by atoms with Gasteiger partial charge < -0.3 is 13.7 Å². The summed E-state index contributed by atoms with van der Waals surface area (Å²) in [4.78, 5) is 0. The Morgan fingerprint density at radius 3 is 0.644 bits per heavy atom. The fourth-order valence-electron chi connectivity index (χ4n) is 6.00. The highest BCUT2D eigenvalue weighted by molar-refractivity contribution is 6.12. The van der Waals surface area contributed by atoms with E-state index in [9.17, 15) is 8.22 Å². The molecule has 0 bridgehead atoms. The number of hydrogen-bond acceptors (Lipinski definition) is 0. The van der Waals surface area contributed by atoms with E-state index in [1.165, 1.54) is 18.2 Å². The van der Waals surface area contributed by atoms with E-state index in [1.807, 2.05) is 0 Å². The van der Waals surface area contributed by atoms with Crippen LogP contribution >= 0.6 is 0 Å². The SMILES string of the molecule is [2H]c1c([2H])c([2H])c2c(c1[2H])c1c([2H])c([2H])c([2H])c([2H])c1n2-c1cc(-n2c3c([2H])c([2H])c([2H])c([2H])c3c3c([2H])c([2H])c([2H])c([2H])c32)cc(-n2c3c([2H])c([2H])c([2H])c([2H])c3c3c([2H])c([2H])c([2H])c([2H])c32)c1. The van der Waals surface area contributed by atoms with Crippen LogP contribution in [0.4, 0.5) is 0 Å². The minimum Gasteiger partial charge on any atom is -0.309 e. The zero-order chi connectivity index (χ0) is 50.4. The first-order valence-electron chi connectivity index (χ1n) is 25.5. The Hall–Kier alpha value is -6.06. The molecule has 0 N–H and O–H groups in total. The molecule has 210 valence electrons. The van der Waals surface area contributed by atoms with Crippen LogP contribution in [0, 0.1) is 0 Å². The molecule has 0 aliphatic heterocycles. The van der Waals surface area contributed by atoms with Gasteiger partial charge in [0.05, 0.1) is 83.1 Å². The van der Waals surface area contributed by atoms with Crippen LogP contribution < -0.4 is 0 Å². The minimum absolute atomic E-state index is 0.272. The first-order valence-corrected chi connectivity index (χ1v) is 13.5. The van der Waals surface area contributed by atoms with Gasteiger partial charge in [0.2, 0.25) is 0 Å². The highest BCUT2D eigenvalue weighted by Crippen LogP contribution is 2.38. The van der Waals surface area contributed by atoms with Crippen LogP contribution in [0.15, 0.2) is 163 Å². The van der Waals surface area contributed by atoms with Gasteiger partial charge in [-0.25, -0.2) is 0 Å². The molecule has 7 aromatic carbocycles. The van der Waals surface area contributed by atoms with Gasteiger partial charge in [-0.1, -0.05) is 109 Å². The van der Waals surface area contributed by atoms with Crippen molar-refractivity contribution in [3.05, 3.63) is 163 Å². The minimum atomic E-state index is -0.785. The molecule has 0 saturated heterocycles. The van der Waals surface area contributed by atoms with E-state index in [2.05, 4.69) is 0 Å². The molecule has 0 atom stereocenters. The summed E-state index contributed by atoms with van der Waals surface area (Å²) in [6.45, 7) is 0. The smallest absolute Gasteiger partial charge is 0.0645 e. The Balaban J connectivity index is 1.56. The fraction of sp³-hybridized carbons (Fsp3) is 0. The summed E-state index contributed by atoms with van der Waals surface area (Å²) in [5.74, 6) is 0. The lowest BCUT2D eigenvalue weighted by Gasteiger charge is -2.17. The van der Waals surface area contributed by atoms with E-state index in [0.29, 0.717) is 0 Å². The van der Waals surface area contributed by atoms with Crippen molar-refractivity contribution in [3.8, 4) is 17.1 Å². The van der Waals surface area contributed by atoms with Crippen LogP contribution in [-0.2, 0) is 0 Å². The summed E-state index contributed by atoms with van der Waals surface area (Å²) in [7, 11) is 0. The molecule has 3 aromatic heterocycles. The normalized spacial score (nSPS) is 19.5. The van der Waals surface area contributed by atoms with Crippen molar-refractivity contribution in [1.82, 2.24) is 13.7 Å². The summed E-state index contributed by atoms with van der Waals surface area (Å²) in [6, 6.07) is -14.1. The number of rotatable bonds is 3. The Bertz CT molecular complexity index is 3470. The van der Waals surface area contributed by atoms with Crippen molar-refractivity contribution < 1.29 is 32.9 Å². The number of fused-ring (bicyclic) bond motifs is 9. The third-order valence-electron chi connectivity index (χ3n) is 7.76. The van der Waals surface area contributed by atoms with Crippen LogP contribution in [0.5, 0.6) is 0 Å². The summed E-state index contributed by atoms with van der Waals surface area (Å²) >= 11 is 0. The molecule has 0 spiro atoms. The molecule has 3 nitrogen and oxygen atoms in total. The lowest BCUT2D eigenvalue weighted by molar-refractivity contribution is 1.10. The second-order valence-electron chi connectivity index (χ2n) is 10.1. The predicted molar refractivity (Wildman–Crippen MR) is 189 cm³/mol. The summed E-state index contributed by atoms with van der Waals surface area (Å²) in [5.41, 5.74) is -3.22. The van der Waals surface area contributed by atoms with Crippen molar-refractivity contribution >= 4 is 65.4 Å². The van der Waals surface area contributed by atoms with Crippen LogP contribution in [-0.4, -0.2) is 13.7 Å². The lowest BCUT2D eigenvalue weighted by Crippen LogP contribution is -2.03. The van der Waals surface area contributed by atoms with E-state index >= 15 is 0 Å². The quantitative estimate of drug-likeness (QED) is 0.192. The molecule has 10 aromatic rings. The third-order valence-corrected chi connectivity index (χ3v) is 7.76. The summed E-state index contributed by atoms with van der Waals surface area (Å²) in [6.07, 6.45) is 0. The maximum absolute atomic E-state index is 9.22. The molecule has 0 radical (unpaired) electrons. The van der Waals surface area contributed by atoms with Gasteiger partial charge in [-0.15, -0.1) is 0 Å². The van der Waals surface area contributed by atoms with E-state index in [4.69, 9.17) is 24.7 Å². The molecular formula is C42H27N3. The van der Waals surface area contributed by atoms with Crippen molar-refractivity contribution in [2.75, 3.05) is 0 Å².